The summed E-state index contributed by atoms with van der Waals surface area (Å²) in [5, 5.41) is 26.2. The minimum Gasteiger partial charge on any atom is -1.00 e. The van der Waals surface area contributed by atoms with E-state index in [0.29, 0.717) is 0 Å². The van der Waals surface area contributed by atoms with Crippen molar-refractivity contribution < 1.29 is 72.9 Å². The Morgan fingerprint density at radius 2 is 1.92 bits per heavy atom. The number of rotatable bonds is 1. The van der Waals surface area contributed by atoms with Crippen LogP contribution in [0.25, 0.3) is 0 Å². The van der Waals surface area contributed by atoms with E-state index >= 15 is 0 Å². The summed E-state index contributed by atoms with van der Waals surface area (Å²) in [6, 6.07) is 3.76. The number of hydrogen-bond donors (Lipinski definition) is 3. The Labute approximate surface area is 113 Å². The van der Waals surface area contributed by atoms with Crippen molar-refractivity contribution in [2.24, 2.45) is 0 Å². The molecule has 0 fully saturated rings. The molecule has 0 aliphatic carbocycles. The van der Waals surface area contributed by atoms with Gasteiger partial charge in [0.05, 0.1) is 0 Å². The van der Waals surface area contributed by atoms with E-state index < -0.39 is 17.5 Å². The van der Waals surface area contributed by atoms with Crippen LogP contribution in [0.4, 0.5) is 0 Å². The standard InChI is InChI=1S/C7H6O4.K.H/c8-5-3-1-2-4(6(5)9)7(10)11;;/h1-3,8-9H,(H,10,11);;/q;+1;-1. The van der Waals surface area contributed by atoms with Crippen LogP contribution in [-0.4, -0.2) is 21.3 Å². The molecule has 0 aliphatic rings. The summed E-state index contributed by atoms with van der Waals surface area (Å²) in [4.78, 5) is 10.3. The summed E-state index contributed by atoms with van der Waals surface area (Å²) in [6.45, 7) is 0. The van der Waals surface area contributed by atoms with Gasteiger partial charge in [-0.25, -0.2) is 4.79 Å². The molecule has 0 atom stereocenters. The van der Waals surface area contributed by atoms with Crippen LogP contribution in [0.15, 0.2) is 18.2 Å². The first-order valence-corrected chi connectivity index (χ1v) is 2.87. The average molecular weight is 194 g/mol. The Hall–Kier alpha value is -0.0736. The predicted molar refractivity (Wildman–Crippen MR) is 37.8 cm³/mol. The molecule has 0 unspecified atom stereocenters. The van der Waals surface area contributed by atoms with Crippen molar-refractivity contribution in [1.29, 1.82) is 0 Å². The van der Waals surface area contributed by atoms with Gasteiger partial charge in [0, 0.05) is 0 Å². The molecule has 60 valence electrons. The molecular formula is C7H7KO4. The van der Waals surface area contributed by atoms with Gasteiger partial charge in [-0.2, -0.15) is 0 Å². The number of aromatic hydroxyl groups is 2. The topological polar surface area (TPSA) is 77.8 Å². The SMILES string of the molecule is O=C(O)c1cccc(O)c1O.[H-].[K+]. The molecule has 3 N–H and O–H groups in total. The van der Waals surface area contributed by atoms with Crippen LogP contribution in [0.1, 0.15) is 11.8 Å². The molecule has 5 heteroatoms. The van der Waals surface area contributed by atoms with E-state index in [0.717, 1.165) is 0 Å². The smallest absolute Gasteiger partial charge is 1.00 e. The second-order valence-corrected chi connectivity index (χ2v) is 1.98. The minimum atomic E-state index is -1.27. The molecule has 0 bridgehead atoms. The van der Waals surface area contributed by atoms with Crippen LogP contribution in [-0.2, 0) is 0 Å². The van der Waals surface area contributed by atoms with E-state index in [1.807, 2.05) is 0 Å². The molecule has 0 aromatic heterocycles. The number of benzene rings is 1. The number of phenolic OH excluding ortho intramolecular Hbond substituents is 1. The Bertz CT molecular complexity index is 303. The van der Waals surface area contributed by atoms with E-state index in [2.05, 4.69) is 0 Å². The normalized spacial score (nSPS) is 8.67. The van der Waals surface area contributed by atoms with Gasteiger partial charge in [0.15, 0.2) is 11.5 Å². The number of aromatic carboxylic acids is 1. The molecule has 0 saturated heterocycles. The fraction of sp³-hybridized carbons (Fsp3) is 0. The molecular weight excluding hydrogens is 187 g/mol. The monoisotopic (exact) mass is 194 g/mol. The van der Waals surface area contributed by atoms with Crippen LogP contribution in [0.5, 0.6) is 11.5 Å². The van der Waals surface area contributed by atoms with Crippen molar-refractivity contribution in [3.8, 4) is 11.5 Å². The number of para-hydroxylation sites is 1. The van der Waals surface area contributed by atoms with Gasteiger partial charge in [-0.15, -0.1) is 0 Å². The van der Waals surface area contributed by atoms with E-state index in [-0.39, 0.29) is 58.4 Å². The van der Waals surface area contributed by atoms with Gasteiger partial charge in [0.2, 0.25) is 0 Å². The molecule has 0 aliphatic heterocycles. The van der Waals surface area contributed by atoms with Gasteiger partial charge in [-0.05, 0) is 12.1 Å². The first kappa shape index (κ1) is 11.9. The van der Waals surface area contributed by atoms with Gasteiger partial charge in [0.25, 0.3) is 0 Å². The summed E-state index contributed by atoms with van der Waals surface area (Å²) in [7, 11) is 0. The Morgan fingerprint density at radius 1 is 1.33 bits per heavy atom. The zero-order valence-corrected chi connectivity index (χ0v) is 9.61. The Kier molecular flexibility index (Phi) is 4.80. The summed E-state index contributed by atoms with van der Waals surface area (Å²) in [5.74, 6) is -2.29. The maximum Gasteiger partial charge on any atom is 1.00 e. The number of phenols is 2. The quantitative estimate of drug-likeness (QED) is 0.354. The van der Waals surface area contributed by atoms with Gasteiger partial charge in [0.1, 0.15) is 5.56 Å². The maximum atomic E-state index is 10.3. The van der Waals surface area contributed by atoms with Gasteiger partial charge >= 0.3 is 57.4 Å². The summed E-state index contributed by atoms with van der Waals surface area (Å²) in [5.41, 5.74) is -0.301. The van der Waals surface area contributed by atoms with Crippen molar-refractivity contribution in [3.05, 3.63) is 23.8 Å². The second kappa shape index (κ2) is 4.83. The van der Waals surface area contributed by atoms with E-state index in [1.165, 1.54) is 18.2 Å². The number of carboxylic acids is 1. The molecule has 0 spiro atoms. The minimum absolute atomic E-state index is 0. The van der Waals surface area contributed by atoms with Crippen molar-refractivity contribution in [2.45, 2.75) is 0 Å². The van der Waals surface area contributed by atoms with Gasteiger partial charge in [-0.1, -0.05) is 6.07 Å². The number of hydrogen-bond acceptors (Lipinski definition) is 3. The number of carboxylic acid groups (broad SMARTS) is 1. The molecule has 0 saturated carbocycles. The van der Waals surface area contributed by atoms with Gasteiger partial charge < -0.3 is 16.7 Å². The van der Waals surface area contributed by atoms with Crippen LogP contribution < -0.4 is 51.4 Å². The molecule has 0 radical (unpaired) electrons. The van der Waals surface area contributed by atoms with Crippen LogP contribution in [0.3, 0.4) is 0 Å². The molecule has 1 rings (SSSR count). The predicted octanol–water partition coefficient (Wildman–Crippen LogP) is -2.09. The molecule has 12 heavy (non-hydrogen) atoms. The summed E-state index contributed by atoms with van der Waals surface area (Å²) < 4.78 is 0. The van der Waals surface area contributed by atoms with Crippen molar-refractivity contribution in [1.82, 2.24) is 0 Å². The third-order valence-corrected chi connectivity index (χ3v) is 1.25. The Balaban J connectivity index is 0. The first-order chi connectivity index (χ1) is 5.13. The van der Waals surface area contributed by atoms with Crippen molar-refractivity contribution in [2.75, 3.05) is 0 Å². The summed E-state index contributed by atoms with van der Waals surface area (Å²) in [6.07, 6.45) is 0. The molecule has 0 heterocycles. The van der Waals surface area contributed by atoms with Crippen LogP contribution in [0.2, 0.25) is 0 Å². The molecule has 0 amide bonds. The molecule has 4 nitrogen and oxygen atoms in total. The zero-order chi connectivity index (χ0) is 8.43. The third-order valence-electron chi connectivity index (χ3n) is 1.25. The Morgan fingerprint density at radius 3 is 2.33 bits per heavy atom. The average Bonchev–Trinajstić information content (AvgIpc) is 1.94. The van der Waals surface area contributed by atoms with Crippen molar-refractivity contribution in [3.63, 3.8) is 0 Å². The van der Waals surface area contributed by atoms with Crippen LogP contribution >= 0.6 is 0 Å². The molecule has 1 aromatic carbocycles. The van der Waals surface area contributed by atoms with Gasteiger partial charge in [-0.3, -0.25) is 0 Å². The largest absolute Gasteiger partial charge is 1.00 e. The fourth-order valence-corrected chi connectivity index (χ4v) is 0.704. The van der Waals surface area contributed by atoms with E-state index in [1.54, 1.807) is 0 Å². The van der Waals surface area contributed by atoms with Crippen LogP contribution in [0, 0.1) is 0 Å². The van der Waals surface area contributed by atoms with E-state index in [9.17, 15) is 4.79 Å². The second-order valence-electron chi connectivity index (χ2n) is 1.98. The van der Waals surface area contributed by atoms with E-state index in [4.69, 9.17) is 15.3 Å². The zero-order valence-electron chi connectivity index (χ0n) is 7.48. The maximum absolute atomic E-state index is 10.3. The first-order valence-electron chi connectivity index (χ1n) is 2.87. The molecule has 1 aromatic rings. The summed E-state index contributed by atoms with van der Waals surface area (Å²) >= 11 is 0. The fourth-order valence-electron chi connectivity index (χ4n) is 0.704. The number of carbonyl (C=O) groups is 1. The third kappa shape index (κ3) is 2.46. The van der Waals surface area contributed by atoms with Crippen molar-refractivity contribution >= 4 is 5.97 Å².